The number of hydrogen-bond donors (Lipinski definition) is 1. The van der Waals surface area contributed by atoms with Crippen molar-refractivity contribution < 1.29 is 24.4 Å². The summed E-state index contributed by atoms with van der Waals surface area (Å²) in [6, 6.07) is 13.0. The first-order chi connectivity index (χ1) is 19.3. The lowest BCUT2D eigenvalue weighted by Crippen LogP contribution is -2.45. The van der Waals surface area contributed by atoms with Gasteiger partial charge in [-0.3, -0.25) is 19.7 Å². The van der Waals surface area contributed by atoms with Crippen LogP contribution in [0, 0.1) is 20.9 Å². The SMILES string of the molecule is CCOc1cc(C2C3=C(CC(C)(C)CC3=O)N(CCc3ccccc3)C3=C2C(=O)CC(C)(C)C3)cc([N+](=O)[O-])c1O. The van der Waals surface area contributed by atoms with Gasteiger partial charge in [0.1, 0.15) is 0 Å². The number of Topliss-reactive ketones (excluding diaryl/α,β-unsaturated/α-hetero) is 2. The Labute approximate surface area is 240 Å². The van der Waals surface area contributed by atoms with Gasteiger partial charge in [-0.25, -0.2) is 0 Å². The predicted molar refractivity (Wildman–Crippen MR) is 156 cm³/mol. The van der Waals surface area contributed by atoms with Crippen LogP contribution in [0.5, 0.6) is 11.5 Å². The Balaban J connectivity index is 1.76. The topological polar surface area (TPSA) is 110 Å². The minimum absolute atomic E-state index is 0.0281. The molecule has 1 N–H and O–H groups in total. The molecule has 3 aliphatic rings. The molecule has 1 aliphatic heterocycles. The number of nitro benzene ring substituents is 1. The van der Waals surface area contributed by atoms with Gasteiger partial charge in [0, 0.05) is 53.9 Å². The van der Waals surface area contributed by atoms with Crippen LogP contribution < -0.4 is 4.74 Å². The highest BCUT2D eigenvalue weighted by molar-refractivity contribution is 6.07. The third-order valence-corrected chi connectivity index (χ3v) is 8.40. The fraction of sp³-hybridized carbons (Fsp3) is 0.455. The zero-order valence-electron chi connectivity index (χ0n) is 24.5. The highest BCUT2D eigenvalue weighted by Crippen LogP contribution is 2.55. The molecule has 0 unspecified atom stereocenters. The number of aromatic hydroxyl groups is 1. The highest BCUT2D eigenvalue weighted by Gasteiger charge is 2.49. The van der Waals surface area contributed by atoms with E-state index in [1.54, 1.807) is 13.0 Å². The van der Waals surface area contributed by atoms with Gasteiger partial charge in [-0.2, -0.15) is 0 Å². The van der Waals surface area contributed by atoms with Crippen LogP contribution in [-0.2, 0) is 16.0 Å². The van der Waals surface area contributed by atoms with Gasteiger partial charge in [0.05, 0.1) is 11.5 Å². The summed E-state index contributed by atoms with van der Waals surface area (Å²) in [5, 5.41) is 22.6. The molecule has 2 aliphatic carbocycles. The number of phenols is 1. The first-order valence-corrected chi connectivity index (χ1v) is 14.3. The van der Waals surface area contributed by atoms with Gasteiger partial charge < -0.3 is 14.7 Å². The van der Waals surface area contributed by atoms with E-state index in [9.17, 15) is 24.8 Å². The fourth-order valence-corrected chi connectivity index (χ4v) is 6.72. The second-order valence-corrected chi connectivity index (χ2v) is 13.0. The summed E-state index contributed by atoms with van der Waals surface area (Å²) in [6.45, 7) is 10.9. The normalized spacial score (nSPS) is 20.2. The lowest BCUT2D eigenvalue weighted by molar-refractivity contribution is -0.386. The number of allylic oxidation sites excluding steroid dienone is 4. The van der Waals surface area contributed by atoms with Crippen LogP contribution in [0.1, 0.15) is 77.3 Å². The number of benzene rings is 2. The van der Waals surface area contributed by atoms with E-state index in [1.807, 2.05) is 18.2 Å². The minimum atomic E-state index is -0.765. The first kappa shape index (κ1) is 28.6. The molecular formula is C33H38N2O6. The predicted octanol–water partition coefficient (Wildman–Crippen LogP) is 6.63. The number of carbonyl (C=O) groups is 2. The number of ether oxygens (including phenoxy) is 1. The van der Waals surface area contributed by atoms with Crippen molar-refractivity contribution in [2.75, 3.05) is 13.2 Å². The van der Waals surface area contributed by atoms with E-state index in [2.05, 4.69) is 44.7 Å². The average Bonchev–Trinajstić information content (AvgIpc) is 2.87. The lowest BCUT2D eigenvalue weighted by Gasteiger charge is -2.49. The minimum Gasteiger partial charge on any atom is -0.500 e. The van der Waals surface area contributed by atoms with Crippen LogP contribution in [0.4, 0.5) is 5.69 Å². The molecule has 1 heterocycles. The number of nitro groups is 1. The number of hydrogen-bond acceptors (Lipinski definition) is 7. The molecule has 216 valence electrons. The quantitative estimate of drug-likeness (QED) is 0.300. The molecule has 0 radical (unpaired) electrons. The molecule has 8 heteroatoms. The van der Waals surface area contributed by atoms with Crippen molar-refractivity contribution in [1.82, 2.24) is 4.90 Å². The van der Waals surface area contributed by atoms with Gasteiger partial charge in [0.25, 0.3) is 0 Å². The second kappa shape index (κ2) is 10.5. The third kappa shape index (κ3) is 5.39. The molecule has 0 aromatic heterocycles. The first-order valence-electron chi connectivity index (χ1n) is 14.3. The van der Waals surface area contributed by atoms with Gasteiger partial charge in [-0.1, -0.05) is 58.0 Å². The summed E-state index contributed by atoms with van der Waals surface area (Å²) in [6.07, 6.45) is 2.65. The van der Waals surface area contributed by atoms with Crippen LogP contribution >= 0.6 is 0 Å². The maximum absolute atomic E-state index is 14.0. The molecule has 0 amide bonds. The number of ketones is 2. The smallest absolute Gasteiger partial charge is 0.314 e. The summed E-state index contributed by atoms with van der Waals surface area (Å²) in [5.41, 5.74) is 3.37. The van der Waals surface area contributed by atoms with Crippen molar-refractivity contribution in [1.29, 1.82) is 0 Å². The summed E-state index contributed by atoms with van der Waals surface area (Å²) in [7, 11) is 0. The van der Waals surface area contributed by atoms with Crippen LogP contribution in [0.2, 0.25) is 0 Å². The molecule has 8 nitrogen and oxygen atoms in total. The standard InChI is InChI=1S/C33H38N2O6/c1-6-41-27-15-21(14-22(31(27)38)35(39)40)28-29-23(16-32(2,3)18-25(29)36)34(13-12-20-10-8-7-9-11-20)24-17-33(4,5)19-26(37)30(24)28/h7-11,14-15,28,38H,6,12-13,16-19H2,1-5H3. The van der Waals surface area contributed by atoms with E-state index in [1.165, 1.54) is 6.07 Å². The maximum Gasteiger partial charge on any atom is 0.314 e. The van der Waals surface area contributed by atoms with Crippen molar-refractivity contribution in [3.63, 3.8) is 0 Å². The zero-order valence-corrected chi connectivity index (χ0v) is 24.5. The van der Waals surface area contributed by atoms with E-state index < -0.39 is 22.3 Å². The molecule has 2 aromatic carbocycles. The molecule has 2 aromatic rings. The number of carbonyl (C=O) groups excluding carboxylic acids is 2. The lowest BCUT2D eigenvalue weighted by atomic mass is 9.63. The number of phenolic OH excluding ortho intramolecular Hbond substituents is 1. The largest absolute Gasteiger partial charge is 0.500 e. The van der Waals surface area contributed by atoms with E-state index >= 15 is 0 Å². The van der Waals surface area contributed by atoms with E-state index in [0.717, 1.165) is 23.4 Å². The maximum atomic E-state index is 14.0. The summed E-state index contributed by atoms with van der Waals surface area (Å²) in [5.74, 6) is -1.46. The van der Waals surface area contributed by atoms with Crippen LogP contribution in [0.3, 0.4) is 0 Å². The number of nitrogens with zero attached hydrogens (tertiary/aromatic N) is 2. The Morgan fingerprint density at radius 3 is 2.02 bits per heavy atom. The zero-order chi connectivity index (χ0) is 29.7. The van der Waals surface area contributed by atoms with Gasteiger partial charge in [0.2, 0.25) is 5.75 Å². The van der Waals surface area contributed by atoms with Gasteiger partial charge in [0.15, 0.2) is 17.3 Å². The van der Waals surface area contributed by atoms with E-state index in [-0.39, 0.29) is 34.8 Å². The molecule has 0 bridgehead atoms. The molecule has 0 spiro atoms. The Bertz CT molecular complexity index is 1430. The summed E-state index contributed by atoms with van der Waals surface area (Å²) < 4.78 is 5.59. The second-order valence-electron chi connectivity index (χ2n) is 13.0. The highest BCUT2D eigenvalue weighted by atomic mass is 16.6. The number of rotatable bonds is 7. The Hall–Kier alpha value is -3.94. The molecule has 0 fully saturated rings. The van der Waals surface area contributed by atoms with Gasteiger partial charge in [-0.05, 0) is 54.2 Å². The summed E-state index contributed by atoms with van der Waals surface area (Å²) in [4.78, 5) is 41.6. The molecule has 0 saturated heterocycles. The molecule has 41 heavy (non-hydrogen) atoms. The monoisotopic (exact) mass is 558 g/mol. The van der Waals surface area contributed by atoms with Crippen LogP contribution in [-0.4, -0.2) is 39.6 Å². The van der Waals surface area contributed by atoms with Gasteiger partial charge >= 0.3 is 5.69 Å². The molecular weight excluding hydrogens is 520 g/mol. The average molecular weight is 559 g/mol. The fourth-order valence-electron chi connectivity index (χ4n) is 6.72. The van der Waals surface area contributed by atoms with Crippen molar-refractivity contribution in [3.05, 3.63) is 86.2 Å². The molecule has 0 saturated carbocycles. The molecule has 0 atom stereocenters. The Kier molecular flexibility index (Phi) is 7.30. The third-order valence-electron chi connectivity index (χ3n) is 8.40. The van der Waals surface area contributed by atoms with Crippen LogP contribution in [0.25, 0.3) is 0 Å². The molecule has 5 rings (SSSR count). The van der Waals surface area contributed by atoms with Crippen molar-refractivity contribution >= 4 is 17.3 Å². The summed E-state index contributed by atoms with van der Waals surface area (Å²) >= 11 is 0. The van der Waals surface area contributed by atoms with Crippen LogP contribution in [0.15, 0.2) is 65.0 Å². The van der Waals surface area contributed by atoms with Crippen molar-refractivity contribution in [3.8, 4) is 11.5 Å². The van der Waals surface area contributed by atoms with E-state index in [4.69, 9.17) is 4.74 Å². The Morgan fingerprint density at radius 1 is 0.951 bits per heavy atom. The van der Waals surface area contributed by atoms with Crippen molar-refractivity contribution in [2.45, 2.75) is 72.6 Å². The van der Waals surface area contributed by atoms with Gasteiger partial charge in [-0.15, -0.1) is 0 Å². The Morgan fingerprint density at radius 2 is 1.51 bits per heavy atom. The van der Waals surface area contributed by atoms with E-state index in [0.29, 0.717) is 48.9 Å². The van der Waals surface area contributed by atoms with Crippen molar-refractivity contribution in [2.24, 2.45) is 10.8 Å².